The summed E-state index contributed by atoms with van der Waals surface area (Å²) in [4.78, 5) is 0. The van der Waals surface area contributed by atoms with Crippen molar-refractivity contribution in [2.45, 2.75) is 29.2 Å². The predicted molar refractivity (Wildman–Crippen MR) is 38.5 cm³/mol. The van der Waals surface area contributed by atoms with Gasteiger partial charge in [-0.1, -0.05) is 0 Å². The van der Waals surface area contributed by atoms with Crippen molar-refractivity contribution in [3.63, 3.8) is 0 Å². The second-order valence-corrected chi connectivity index (χ2v) is 4.68. The summed E-state index contributed by atoms with van der Waals surface area (Å²) in [6.07, 6.45) is -7.39. The Hall–Kier alpha value is 0.140. The van der Waals surface area contributed by atoms with Gasteiger partial charge in [-0.25, -0.2) is 0 Å². The molecule has 0 aliphatic carbocycles. The summed E-state index contributed by atoms with van der Waals surface area (Å²) < 4.78 is 161. The smallest absolute Gasteiger partial charge is 1.00 e. The predicted octanol–water partition coefficient (Wildman–Crippen LogP) is 0.0517. The van der Waals surface area contributed by atoms with Gasteiger partial charge in [0.15, 0.2) is 0 Å². The van der Waals surface area contributed by atoms with Gasteiger partial charge in [0.25, 0.3) is 0 Å². The molecule has 0 heterocycles. The molecule has 16 heteroatoms. The third-order valence-corrected chi connectivity index (χ3v) is 2.74. The van der Waals surface area contributed by atoms with Gasteiger partial charge in [0.1, 0.15) is 0 Å². The van der Waals surface area contributed by atoms with E-state index in [1.807, 2.05) is 0 Å². The maximum Gasteiger partial charge on any atom is 1.00 e. The summed E-state index contributed by atoms with van der Waals surface area (Å²) in [5.41, 5.74) is 0. The van der Waals surface area contributed by atoms with Crippen LogP contribution in [0.25, 0.3) is 0 Å². The SMILES string of the molecule is O=S(=O)(O)C(F)(F)C(F)(F)C(F)(F)C(F)(F)C(F)(F)F.[H-].[Na+]. The van der Waals surface area contributed by atoms with E-state index in [2.05, 4.69) is 0 Å². The monoisotopic (exact) mass is 374 g/mol. The van der Waals surface area contributed by atoms with Crippen LogP contribution in [0.3, 0.4) is 0 Å². The largest absolute Gasteiger partial charge is 1.00 e. The van der Waals surface area contributed by atoms with E-state index in [9.17, 15) is 56.7 Å². The van der Waals surface area contributed by atoms with Gasteiger partial charge in [-0.2, -0.15) is 56.7 Å². The van der Waals surface area contributed by atoms with Gasteiger partial charge in [-0.15, -0.1) is 0 Å². The molecule has 124 valence electrons. The minimum Gasteiger partial charge on any atom is -1.00 e. The second-order valence-electron chi connectivity index (χ2n) is 3.21. The number of halogens is 11. The Morgan fingerprint density at radius 2 is 0.952 bits per heavy atom. The first kappa shape index (κ1) is 23.4. The molecule has 0 saturated carbocycles. The van der Waals surface area contributed by atoms with Crippen LogP contribution in [0.15, 0.2) is 0 Å². The van der Waals surface area contributed by atoms with E-state index in [1.165, 1.54) is 0 Å². The van der Waals surface area contributed by atoms with Crippen molar-refractivity contribution in [1.82, 2.24) is 0 Å². The molecule has 0 spiro atoms. The van der Waals surface area contributed by atoms with Gasteiger partial charge >= 0.3 is 68.9 Å². The first-order chi connectivity index (χ1) is 8.25. The van der Waals surface area contributed by atoms with E-state index in [1.54, 1.807) is 0 Å². The maximum absolute atomic E-state index is 12.5. The Morgan fingerprint density at radius 3 is 1.14 bits per heavy atom. The van der Waals surface area contributed by atoms with Crippen LogP contribution in [0.4, 0.5) is 48.3 Å². The van der Waals surface area contributed by atoms with Crippen molar-refractivity contribution < 1.29 is 92.2 Å². The van der Waals surface area contributed by atoms with Crippen LogP contribution in [0.1, 0.15) is 1.43 Å². The van der Waals surface area contributed by atoms with Gasteiger partial charge < -0.3 is 1.43 Å². The molecule has 0 aliphatic rings. The summed E-state index contributed by atoms with van der Waals surface area (Å²) in [6, 6.07) is 0. The van der Waals surface area contributed by atoms with Gasteiger partial charge in [-0.3, -0.25) is 4.55 Å². The van der Waals surface area contributed by atoms with Gasteiger partial charge in [-0.05, 0) is 0 Å². The molecule has 0 aromatic heterocycles. The first-order valence-electron chi connectivity index (χ1n) is 3.80. The van der Waals surface area contributed by atoms with Crippen molar-refractivity contribution in [1.29, 1.82) is 0 Å². The van der Waals surface area contributed by atoms with Crippen LogP contribution in [0.5, 0.6) is 0 Å². The number of alkyl halides is 11. The molecule has 0 fully saturated rings. The van der Waals surface area contributed by atoms with Gasteiger partial charge in [0.2, 0.25) is 0 Å². The maximum atomic E-state index is 12.5. The third kappa shape index (κ3) is 3.25. The standard InChI is InChI=1S/C5HF11O3S.Na.H/c6-1(7,2(8,9)4(12,13)14)3(10,11)5(15,16)20(17,18)19;;/h(H,17,18,19);;/q;+1;-1. The fourth-order valence-corrected chi connectivity index (χ4v) is 1.17. The molecule has 0 unspecified atom stereocenters. The Labute approximate surface area is 132 Å². The molecule has 1 N–H and O–H groups in total. The molecular formula is C5H2F11NaO3S. The Balaban J connectivity index is -0.00000180. The van der Waals surface area contributed by atoms with Gasteiger partial charge in [0, 0.05) is 0 Å². The zero-order valence-corrected chi connectivity index (χ0v) is 12.1. The fourth-order valence-electron chi connectivity index (χ4n) is 0.720. The van der Waals surface area contributed by atoms with E-state index in [-0.39, 0.29) is 31.0 Å². The fraction of sp³-hybridized carbons (Fsp3) is 1.00. The van der Waals surface area contributed by atoms with Crippen LogP contribution in [0.2, 0.25) is 0 Å². The molecule has 0 atom stereocenters. The van der Waals surface area contributed by atoms with E-state index >= 15 is 0 Å². The molecule has 0 bridgehead atoms. The molecular weight excluding hydrogens is 372 g/mol. The number of hydrogen-bond donors (Lipinski definition) is 1. The van der Waals surface area contributed by atoms with Crippen LogP contribution in [0, 0.1) is 0 Å². The van der Waals surface area contributed by atoms with Crippen molar-refractivity contribution in [3.05, 3.63) is 0 Å². The summed E-state index contributed by atoms with van der Waals surface area (Å²) in [7, 11) is -7.41. The van der Waals surface area contributed by atoms with Crippen molar-refractivity contribution >= 4 is 10.1 Å². The quantitative estimate of drug-likeness (QED) is 0.430. The van der Waals surface area contributed by atoms with E-state index in [4.69, 9.17) is 4.55 Å². The van der Waals surface area contributed by atoms with Gasteiger partial charge in [0.05, 0.1) is 0 Å². The average molecular weight is 374 g/mol. The summed E-state index contributed by atoms with van der Waals surface area (Å²) in [5, 5.41) is -7.29. The minimum absolute atomic E-state index is 0. The topological polar surface area (TPSA) is 54.4 Å². The second kappa shape index (κ2) is 5.65. The molecule has 0 radical (unpaired) electrons. The van der Waals surface area contributed by atoms with Crippen LogP contribution < -0.4 is 29.6 Å². The molecule has 0 aromatic rings. The average Bonchev–Trinajstić information content (AvgIpc) is 2.12. The summed E-state index contributed by atoms with van der Waals surface area (Å²) in [5.74, 6) is -23.3. The van der Waals surface area contributed by atoms with Crippen molar-refractivity contribution in [2.75, 3.05) is 0 Å². The van der Waals surface area contributed by atoms with E-state index in [0.29, 0.717) is 0 Å². The van der Waals surface area contributed by atoms with Crippen molar-refractivity contribution in [2.24, 2.45) is 0 Å². The summed E-state index contributed by atoms with van der Waals surface area (Å²) >= 11 is 0. The first-order valence-corrected chi connectivity index (χ1v) is 5.24. The van der Waals surface area contributed by atoms with Crippen LogP contribution in [-0.2, 0) is 10.1 Å². The third-order valence-electron chi connectivity index (χ3n) is 1.83. The van der Waals surface area contributed by atoms with E-state index < -0.39 is 39.3 Å². The zero-order valence-electron chi connectivity index (χ0n) is 10.3. The zero-order chi connectivity index (χ0) is 17.0. The van der Waals surface area contributed by atoms with Crippen molar-refractivity contribution in [3.8, 4) is 0 Å². The Morgan fingerprint density at radius 1 is 0.667 bits per heavy atom. The van der Waals surface area contributed by atoms with E-state index in [0.717, 1.165) is 0 Å². The number of rotatable bonds is 4. The summed E-state index contributed by atoms with van der Waals surface area (Å²) in [6.45, 7) is 0. The molecule has 3 nitrogen and oxygen atoms in total. The molecule has 0 amide bonds. The van der Waals surface area contributed by atoms with Crippen LogP contribution >= 0.6 is 0 Å². The normalized spacial score (nSPS) is 15.6. The molecule has 0 aliphatic heterocycles. The van der Waals surface area contributed by atoms with Crippen LogP contribution in [-0.4, -0.2) is 42.2 Å². The Bertz CT molecular complexity index is 486. The molecule has 0 rings (SSSR count). The molecule has 0 saturated heterocycles. The Kier molecular flexibility index (Phi) is 6.30. The minimum atomic E-state index is -7.86. The molecule has 0 aromatic carbocycles. The number of hydrogen-bond acceptors (Lipinski definition) is 2. The molecule has 21 heavy (non-hydrogen) atoms.